The van der Waals surface area contributed by atoms with Crippen molar-refractivity contribution in [1.82, 2.24) is 40.5 Å². The van der Waals surface area contributed by atoms with Crippen LogP contribution in [0.3, 0.4) is 0 Å². The average molecular weight is 1140 g/mol. The Hall–Kier alpha value is -5.30. The van der Waals surface area contributed by atoms with Gasteiger partial charge in [0.05, 0.1) is 22.7 Å². The summed E-state index contributed by atoms with van der Waals surface area (Å²) >= 11 is 0. The van der Waals surface area contributed by atoms with Crippen molar-refractivity contribution in [2.45, 2.75) is 237 Å². The second kappa shape index (κ2) is 23.7. The largest absolute Gasteiger partial charge is 0.446 e. The molecule has 23 nitrogen and oxygen atoms in total. The van der Waals surface area contributed by atoms with Crippen molar-refractivity contribution in [3.63, 3.8) is 0 Å². The molecule has 8 amide bonds. The van der Waals surface area contributed by atoms with Crippen LogP contribution in [0.2, 0.25) is 0 Å². The Morgan fingerprint density at radius 3 is 1.27 bits per heavy atom. The second-order valence-electron chi connectivity index (χ2n) is 23.9. The van der Waals surface area contributed by atoms with Gasteiger partial charge in [0.1, 0.15) is 47.5 Å². The van der Waals surface area contributed by atoms with Gasteiger partial charge in [-0.25, -0.2) is 26.4 Å². The fourth-order valence-corrected chi connectivity index (χ4v) is 15.4. The van der Waals surface area contributed by atoms with Gasteiger partial charge in [0.25, 0.3) is 11.8 Å². The van der Waals surface area contributed by atoms with Crippen molar-refractivity contribution in [3.05, 3.63) is 24.3 Å². The minimum absolute atomic E-state index is 0.110. The lowest BCUT2D eigenvalue weighted by atomic mass is 10.0. The summed E-state index contributed by atoms with van der Waals surface area (Å²) in [4.78, 5) is 117. The quantitative estimate of drug-likeness (QED) is 0.153. The van der Waals surface area contributed by atoms with Crippen LogP contribution in [-0.2, 0) is 63.0 Å². The molecule has 0 spiro atoms. The lowest BCUT2D eigenvalue weighted by Crippen LogP contribution is -2.58. The fraction of sp³-hybridized carbons (Fsp3) is 0.778. The van der Waals surface area contributed by atoms with E-state index in [0.717, 1.165) is 38.5 Å². The second-order valence-corrected chi connectivity index (χ2v) is 27.8. The molecule has 4 heterocycles. The molecule has 6 N–H and O–H groups in total. The van der Waals surface area contributed by atoms with Gasteiger partial charge in [-0.05, 0) is 128 Å². The lowest BCUT2D eigenvalue weighted by molar-refractivity contribution is -0.141. The molecule has 8 fully saturated rings. The molecule has 10 aliphatic rings. The topological polar surface area (TPSA) is 311 Å². The van der Waals surface area contributed by atoms with Gasteiger partial charge in [0, 0.05) is 37.8 Å². The lowest BCUT2D eigenvalue weighted by Gasteiger charge is -2.30. The first kappa shape index (κ1) is 57.0. The van der Waals surface area contributed by atoms with Crippen LogP contribution in [-0.4, -0.2) is 158 Å². The Morgan fingerprint density at radius 2 is 0.886 bits per heavy atom. The molecule has 6 saturated carbocycles. The minimum Gasteiger partial charge on any atom is -0.446 e. The summed E-state index contributed by atoms with van der Waals surface area (Å²) in [7, 11) is -8.03. The number of carbonyl (C=O) groups excluding carboxylic acids is 8. The summed E-state index contributed by atoms with van der Waals surface area (Å²) in [5.41, 5.74) is -3.28. The van der Waals surface area contributed by atoms with Crippen molar-refractivity contribution in [3.8, 4) is 0 Å². The first-order chi connectivity index (χ1) is 37.8. The molecule has 4 aliphatic heterocycles. The maximum Gasteiger partial charge on any atom is 0.408 e. The number of amides is 8. The number of sulfonamides is 2. The van der Waals surface area contributed by atoms with Gasteiger partial charge in [0.15, 0.2) is 0 Å². The zero-order chi connectivity index (χ0) is 55.7. The predicted molar refractivity (Wildman–Crippen MR) is 283 cm³/mol. The van der Waals surface area contributed by atoms with Crippen molar-refractivity contribution >= 4 is 67.7 Å². The van der Waals surface area contributed by atoms with Crippen LogP contribution >= 0.6 is 0 Å². The Bertz CT molecular complexity index is 2490. The Kier molecular flexibility index (Phi) is 17.1. The van der Waals surface area contributed by atoms with Gasteiger partial charge in [-0.2, -0.15) is 0 Å². The molecule has 25 heteroatoms. The molecule has 10 atom stereocenters. The number of carbonyl (C=O) groups is 8. The summed E-state index contributed by atoms with van der Waals surface area (Å²) in [6.07, 6.45) is 17.0. The zero-order valence-corrected chi connectivity index (χ0v) is 46.5. The van der Waals surface area contributed by atoms with E-state index in [1.165, 1.54) is 9.80 Å². The molecule has 0 aromatic rings. The van der Waals surface area contributed by atoms with E-state index in [0.29, 0.717) is 89.9 Å². The van der Waals surface area contributed by atoms with E-state index >= 15 is 9.59 Å². The molecule has 2 saturated heterocycles. The van der Waals surface area contributed by atoms with Crippen molar-refractivity contribution in [1.29, 1.82) is 0 Å². The van der Waals surface area contributed by atoms with Crippen LogP contribution < -0.4 is 30.7 Å². The molecular weight excluding hydrogens is 1060 g/mol. The van der Waals surface area contributed by atoms with Gasteiger partial charge in [-0.1, -0.05) is 50.0 Å². The van der Waals surface area contributed by atoms with Crippen LogP contribution in [0.15, 0.2) is 24.3 Å². The number of hydrogen-bond acceptors (Lipinski definition) is 15. The molecule has 0 aromatic heterocycles. The first-order valence-corrected chi connectivity index (χ1v) is 32.2. The van der Waals surface area contributed by atoms with Crippen LogP contribution in [0.4, 0.5) is 9.59 Å². The summed E-state index contributed by atoms with van der Waals surface area (Å²) in [5.74, 6) is -5.53. The first-order valence-electron chi connectivity index (χ1n) is 29.1. The zero-order valence-electron chi connectivity index (χ0n) is 44.9. The highest BCUT2D eigenvalue weighted by Crippen LogP contribution is 2.48. The fourth-order valence-electron chi connectivity index (χ4n) is 12.7. The highest BCUT2D eigenvalue weighted by atomic mass is 32.2. The number of hydrogen-bond donors (Lipinski definition) is 6. The SMILES string of the molecule is O=C(NC1CCCCC/C=C\C2CC2(C(=O)NS(=O)(=O)C2CC2)NC(=O)C2CC(OC3CC4C(=O)NC5(C(=O)NS(=O)(=O)C6CC6)CC5/C=C\CCCCCC(NC(=O)OC5CCCC5)C(=O)N4C3)CN2C1=O)OC1CCCC1. The number of nitrogens with zero attached hydrogens (tertiary/aromatic N) is 2. The van der Waals surface area contributed by atoms with Gasteiger partial charge >= 0.3 is 12.2 Å². The highest BCUT2D eigenvalue weighted by molar-refractivity contribution is 7.91. The van der Waals surface area contributed by atoms with E-state index in [4.69, 9.17) is 14.2 Å². The van der Waals surface area contributed by atoms with Gasteiger partial charge in [0.2, 0.25) is 43.7 Å². The third kappa shape index (κ3) is 13.4. The van der Waals surface area contributed by atoms with Gasteiger partial charge in [-0.3, -0.25) is 38.2 Å². The van der Waals surface area contributed by atoms with E-state index < -0.39 is 137 Å². The molecule has 0 aromatic carbocycles. The monoisotopic (exact) mass is 1140 g/mol. The average Bonchev–Trinajstić information content (AvgIpc) is 4.57. The van der Waals surface area contributed by atoms with Crippen LogP contribution in [0.1, 0.15) is 167 Å². The predicted octanol–water partition coefficient (Wildman–Crippen LogP) is 3.02. The van der Waals surface area contributed by atoms with E-state index in [-0.39, 0.29) is 63.8 Å². The van der Waals surface area contributed by atoms with Crippen molar-refractivity contribution < 1.29 is 69.4 Å². The third-order valence-corrected chi connectivity index (χ3v) is 21.4. The van der Waals surface area contributed by atoms with Gasteiger partial charge < -0.3 is 45.3 Å². The van der Waals surface area contributed by atoms with Gasteiger partial charge in [-0.15, -0.1) is 0 Å². The summed E-state index contributed by atoms with van der Waals surface area (Å²) < 4.78 is 75.1. The molecule has 79 heavy (non-hydrogen) atoms. The maximum absolute atomic E-state index is 15.0. The van der Waals surface area contributed by atoms with E-state index in [2.05, 4.69) is 30.7 Å². The molecule has 10 unspecified atom stereocenters. The third-order valence-electron chi connectivity index (χ3n) is 17.8. The Morgan fingerprint density at radius 1 is 0.506 bits per heavy atom. The smallest absolute Gasteiger partial charge is 0.408 e. The van der Waals surface area contributed by atoms with Crippen LogP contribution in [0.5, 0.6) is 0 Å². The van der Waals surface area contributed by atoms with Crippen molar-refractivity contribution in [2.24, 2.45) is 11.8 Å². The molecule has 10 rings (SSSR count). The number of fused-ring (bicyclic) bond motifs is 4. The molecule has 0 bridgehead atoms. The Balaban J connectivity index is 0.924. The molecular formula is C54H78N8O15S2. The van der Waals surface area contributed by atoms with E-state index in [9.17, 15) is 45.6 Å². The van der Waals surface area contributed by atoms with E-state index in [1.54, 1.807) is 0 Å². The minimum atomic E-state index is -4.01. The van der Waals surface area contributed by atoms with Crippen molar-refractivity contribution in [2.75, 3.05) is 13.1 Å². The number of alkyl carbamates (subject to hydrolysis) is 2. The molecule has 0 radical (unpaired) electrons. The summed E-state index contributed by atoms with van der Waals surface area (Å²) in [6.45, 7) is -0.396. The molecule has 6 aliphatic carbocycles. The number of allylic oxidation sites excluding steroid dienone is 2. The Labute approximate surface area is 462 Å². The maximum atomic E-state index is 15.0. The highest BCUT2D eigenvalue weighted by Gasteiger charge is 2.64. The summed E-state index contributed by atoms with van der Waals surface area (Å²) in [5, 5.41) is 9.88. The van der Waals surface area contributed by atoms with Crippen LogP contribution in [0.25, 0.3) is 0 Å². The normalized spacial score (nSPS) is 35.0. The van der Waals surface area contributed by atoms with E-state index in [1.807, 2.05) is 24.3 Å². The number of nitrogens with one attached hydrogen (secondary N) is 6. The number of rotatable bonds is 12. The molecule has 436 valence electrons. The standard InChI is InChI=1S/C54H78N8O15S2/c63-45-43-27-37(31-61(43)47(65)41(55-51(69)76-35-17-11-12-18-35)21-9-5-1-3-7-15-33-29-53(33,57-45)49(67)59-78(71,72)39-23-24-39)75-38-28-44-46(64)58-54(50(68)60-79(73,74)40-25-26-40)30-34(54)16-8-4-2-6-10-22-42(48(66)62(44)32-38)56-52(70)77-36-19-13-14-20-36/h7-8,15-16,33-44H,1-6,9-14,17-32H2,(H,55,69)(H,56,70)(H,57,63)(H,58,64)(H,59,67)(H,60,68)/b15-7-,16-8-. The number of ether oxygens (including phenoxy) is 3. The summed E-state index contributed by atoms with van der Waals surface area (Å²) in [6, 6.07) is -4.84. The van der Waals surface area contributed by atoms with Crippen LogP contribution in [0, 0.1) is 11.8 Å².